The molecule has 1 fully saturated rings. The van der Waals surface area contributed by atoms with Crippen molar-refractivity contribution in [2.24, 2.45) is 0 Å². The Balaban J connectivity index is 1.92. The molecular formula is C14H29NO3. The third-order valence-corrected chi connectivity index (χ3v) is 3.44. The van der Waals surface area contributed by atoms with Gasteiger partial charge in [-0.05, 0) is 19.8 Å². The summed E-state index contributed by atoms with van der Waals surface area (Å²) in [5.74, 6) is 0. The van der Waals surface area contributed by atoms with E-state index in [1.165, 1.54) is 19.3 Å². The molecule has 1 aliphatic rings. The lowest BCUT2D eigenvalue weighted by Crippen LogP contribution is -2.40. The molecule has 0 radical (unpaired) electrons. The van der Waals surface area contributed by atoms with Crippen LogP contribution in [-0.2, 0) is 9.47 Å². The fourth-order valence-corrected chi connectivity index (χ4v) is 2.20. The molecule has 0 aromatic carbocycles. The molecule has 0 bridgehead atoms. The first kappa shape index (κ1) is 15.9. The van der Waals surface area contributed by atoms with E-state index in [4.69, 9.17) is 9.47 Å². The van der Waals surface area contributed by atoms with Gasteiger partial charge in [0.25, 0.3) is 0 Å². The fraction of sp³-hybridized carbons (Fsp3) is 1.00. The first-order valence-electron chi connectivity index (χ1n) is 7.34. The van der Waals surface area contributed by atoms with Crippen molar-refractivity contribution in [3.05, 3.63) is 0 Å². The Morgan fingerprint density at radius 3 is 2.89 bits per heavy atom. The molecule has 1 heterocycles. The molecule has 4 nitrogen and oxygen atoms in total. The van der Waals surface area contributed by atoms with Crippen molar-refractivity contribution in [3.63, 3.8) is 0 Å². The van der Waals surface area contributed by atoms with Crippen LogP contribution in [0.5, 0.6) is 0 Å². The summed E-state index contributed by atoms with van der Waals surface area (Å²) in [5, 5.41) is 13.1. The van der Waals surface area contributed by atoms with Gasteiger partial charge in [-0.3, -0.25) is 0 Å². The van der Waals surface area contributed by atoms with Gasteiger partial charge < -0.3 is 19.9 Å². The lowest BCUT2D eigenvalue weighted by molar-refractivity contribution is 0.0321. The molecule has 4 heteroatoms. The molecule has 0 spiro atoms. The maximum Gasteiger partial charge on any atom is 0.0897 e. The minimum absolute atomic E-state index is 0.257. The van der Waals surface area contributed by atoms with Gasteiger partial charge in [-0.15, -0.1) is 0 Å². The first-order valence-corrected chi connectivity index (χ1v) is 7.34. The highest BCUT2D eigenvalue weighted by Gasteiger charge is 2.23. The Morgan fingerprint density at radius 2 is 2.22 bits per heavy atom. The number of rotatable bonds is 10. The van der Waals surface area contributed by atoms with Gasteiger partial charge >= 0.3 is 0 Å². The molecule has 0 saturated carbocycles. The van der Waals surface area contributed by atoms with Gasteiger partial charge in [-0.25, -0.2) is 0 Å². The monoisotopic (exact) mass is 259 g/mol. The van der Waals surface area contributed by atoms with E-state index in [1.54, 1.807) is 0 Å². The van der Waals surface area contributed by atoms with Crippen LogP contribution in [0.15, 0.2) is 0 Å². The molecule has 3 unspecified atom stereocenters. The maximum absolute atomic E-state index is 9.77. The SMILES string of the molecule is CCCCCCOCC(O)CNC1CCOC1C. The van der Waals surface area contributed by atoms with Crippen molar-refractivity contribution < 1.29 is 14.6 Å². The average Bonchev–Trinajstić information content (AvgIpc) is 2.77. The molecule has 18 heavy (non-hydrogen) atoms. The zero-order valence-corrected chi connectivity index (χ0v) is 11.9. The summed E-state index contributed by atoms with van der Waals surface area (Å²) >= 11 is 0. The van der Waals surface area contributed by atoms with Crippen LogP contribution >= 0.6 is 0 Å². The number of aliphatic hydroxyl groups is 1. The third kappa shape index (κ3) is 6.69. The Bertz CT molecular complexity index is 201. The van der Waals surface area contributed by atoms with E-state index in [0.717, 1.165) is 26.1 Å². The number of hydrogen-bond donors (Lipinski definition) is 2. The van der Waals surface area contributed by atoms with Gasteiger partial charge in [-0.2, -0.15) is 0 Å². The van der Waals surface area contributed by atoms with E-state index < -0.39 is 6.10 Å². The minimum atomic E-state index is -0.413. The minimum Gasteiger partial charge on any atom is -0.389 e. The fourth-order valence-electron chi connectivity index (χ4n) is 2.20. The Hall–Kier alpha value is -0.160. The second kappa shape index (κ2) is 9.73. The van der Waals surface area contributed by atoms with Gasteiger partial charge in [-0.1, -0.05) is 26.2 Å². The molecule has 2 N–H and O–H groups in total. The van der Waals surface area contributed by atoms with Gasteiger partial charge in [0.1, 0.15) is 0 Å². The highest BCUT2D eigenvalue weighted by Crippen LogP contribution is 2.12. The van der Waals surface area contributed by atoms with E-state index in [9.17, 15) is 5.11 Å². The predicted octanol–water partition coefficient (Wildman–Crippen LogP) is 1.71. The standard InChI is InChI=1S/C14H29NO3/c1-3-4-5-6-8-17-11-13(16)10-15-14-7-9-18-12(14)2/h12-16H,3-11H2,1-2H3. The van der Waals surface area contributed by atoms with Crippen molar-refractivity contribution >= 4 is 0 Å². The highest BCUT2D eigenvalue weighted by atomic mass is 16.5. The molecule has 1 aliphatic heterocycles. The summed E-state index contributed by atoms with van der Waals surface area (Å²) < 4.78 is 10.9. The molecule has 0 aromatic rings. The van der Waals surface area contributed by atoms with Crippen molar-refractivity contribution in [2.75, 3.05) is 26.4 Å². The predicted molar refractivity (Wildman–Crippen MR) is 72.8 cm³/mol. The Morgan fingerprint density at radius 1 is 1.39 bits per heavy atom. The van der Waals surface area contributed by atoms with Gasteiger partial charge in [0.2, 0.25) is 0 Å². The molecule has 0 aliphatic carbocycles. The molecule has 1 rings (SSSR count). The quantitative estimate of drug-likeness (QED) is 0.586. The summed E-state index contributed by atoms with van der Waals surface area (Å²) in [5.41, 5.74) is 0. The van der Waals surface area contributed by atoms with E-state index in [0.29, 0.717) is 19.2 Å². The van der Waals surface area contributed by atoms with Crippen LogP contribution in [0.1, 0.15) is 46.0 Å². The second-order valence-corrected chi connectivity index (χ2v) is 5.17. The first-order chi connectivity index (χ1) is 8.74. The summed E-state index contributed by atoms with van der Waals surface area (Å²) in [4.78, 5) is 0. The average molecular weight is 259 g/mol. The normalized spacial score (nSPS) is 25.5. The Labute approximate surface area is 111 Å². The molecule has 0 aromatic heterocycles. The number of ether oxygens (including phenoxy) is 2. The zero-order chi connectivity index (χ0) is 13.2. The summed E-state index contributed by atoms with van der Waals surface area (Å²) in [7, 11) is 0. The lowest BCUT2D eigenvalue weighted by Gasteiger charge is -2.18. The van der Waals surface area contributed by atoms with Crippen LogP contribution in [0.3, 0.4) is 0 Å². The number of aliphatic hydroxyl groups excluding tert-OH is 1. The van der Waals surface area contributed by atoms with Crippen LogP contribution in [0.25, 0.3) is 0 Å². The topological polar surface area (TPSA) is 50.7 Å². The smallest absolute Gasteiger partial charge is 0.0897 e. The second-order valence-electron chi connectivity index (χ2n) is 5.17. The summed E-state index contributed by atoms with van der Waals surface area (Å²) in [6.45, 7) is 6.88. The van der Waals surface area contributed by atoms with Crippen LogP contribution in [0.2, 0.25) is 0 Å². The van der Waals surface area contributed by atoms with Crippen molar-refractivity contribution in [2.45, 2.75) is 64.2 Å². The Kier molecular flexibility index (Phi) is 8.59. The number of unbranched alkanes of at least 4 members (excludes halogenated alkanes) is 3. The number of nitrogens with one attached hydrogen (secondary N) is 1. The summed E-state index contributed by atoms with van der Waals surface area (Å²) in [6, 6.07) is 0.379. The molecular weight excluding hydrogens is 230 g/mol. The van der Waals surface area contributed by atoms with Crippen LogP contribution in [0.4, 0.5) is 0 Å². The molecule has 3 atom stereocenters. The van der Waals surface area contributed by atoms with Gasteiger partial charge in [0.05, 0.1) is 18.8 Å². The third-order valence-electron chi connectivity index (χ3n) is 3.44. The van der Waals surface area contributed by atoms with Crippen LogP contribution in [0, 0.1) is 0 Å². The molecule has 1 saturated heterocycles. The zero-order valence-electron chi connectivity index (χ0n) is 11.9. The maximum atomic E-state index is 9.77. The van der Waals surface area contributed by atoms with Crippen molar-refractivity contribution in [1.82, 2.24) is 5.32 Å². The van der Waals surface area contributed by atoms with E-state index >= 15 is 0 Å². The van der Waals surface area contributed by atoms with Crippen LogP contribution in [-0.4, -0.2) is 49.7 Å². The van der Waals surface area contributed by atoms with Crippen molar-refractivity contribution in [1.29, 1.82) is 0 Å². The largest absolute Gasteiger partial charge is 0.389 e. The van der Waals surface area contributed by atoms with Crippen molar-refractivity contribution in [3.8, 4) is 0 Å². The van der Waals surface area contributed by atoms with E-state index in [-0.39, 0.29) is 6.10 Å². The summed E-state index contributed by atoms with van der Waals surface area (Å²) in [6.07, 6.45) is 5.71. The van der Waals surface area contributed by atoms with E-state index in [1.807, 2.05) is 0 Å². The molecule has 108 valence electrons. The van der Waals surface area contributed by atoms with Gasteiger partial charge in [0, 0.05) is 25.8 Å². The highest BCUT2D eigenvalue weighted by molar-refractivity contribution is 4.79. The lowest BCUT2D eigenvalue weighted by atomic mass is 10.1. The van der Waals surface area contributed by atoms with Crippen LogP contribution < -0.4 is 5.32 Å². The molecule has 0 amide bonds. The van der Waals surface area contributed by atoms with Gasteiger partial charge in [0.15, 0.2) is 0 Å². The van der Waals surface area contributed by atoms with E-state index in [2.05, 4.69) is 19.2 Å². The number of hydrogen-bond acceptors (Lipinski definition) is 4.